The SMILES string of the molecule is CCOC(=O)C1CCN(c2cc(C(F)(F)F)ccc2[C@H]2CCNC2)CC1. The van der Waals surface area contributed by atoms with E-state index in [0.29, 0.717) is 38.2 Å². The summed E-state index contributed by atoms with van der Waals surface area (Å²) in [6.45, 7) is 4.94. The van der Waals surface area contributed by atoms with Crippen molar-refractivity contribution in [3.8, 4) is 0 Å². The van der Waals surface area contributed by atoms with Crippen LogP contribution in [0.4, 0.5) is 18.9 Å². The Hall–Kier alpha value is -1.76. The molecule has 0 unspecified atom stereocenters. The lowest BCUT2D eigenvalue weighted by Crippen LogP contribution is -2.37. The van der Waals surface area contributed by atoms with Gasteiger partial charge in [-0.05, 0) is 56.3 Å². The number of nitrogens with one attached hydrogen (secondary N) is 1. The van der Waals surface area contributed by atoms with E-state index in [-0.39, 0.29) is 17.8 Å². The number of halogens is 3. The number of rotatable bonds is 4. The van der Waals surface area contributed by atoms with Gasteiger partial charge in [-0.2, -0.15) is 13.2 Å². The third-order valence-corrected chi connectivity index (χ3v) is 5.31. The Kier molecular flexibility index (Phi) is 5.75. The largest absolute Gasteiger partial charge is 0.466 e. The average Bonchev–Trinajstić information content (AvgIpc) is 3.15. The van der Waals surface area contributed by atoms with Crippen molar-refractivity contribution in [3.63, 3.8) is 0 Å². The predicted octanol–water partition coefficient (Wildman–Crippen LogP) is 3.56. The van der Waals surface area contributed by atoms with Crippen LogP contribution in [0, 0.1) is 5.92 Å². The first-order valence-electron chi connectivity index (χ1n) is 9.23. The summed E-state index contributed by atoms with van der Waals surface area (Å²) in [6.07, 6.45) is -2.21. The van der Waals surface area contributed by atoms with Gasteiger partial charge < -0.3 is 15.0 Å². The Morgan fingerprint density at radius 2 is 2.00 bits per heavy atom. The molecular weight excluding hydrogens is 345 g/mol. The number of anilines is 1. The maximum Gasteiger partial charge on any atom is 0.416 e. The van der Waals surface area contributed by atoms with Crippen LogP contribution in [0.3, 0.4) is 0 Å². The molecule has 1 aromatic rings. The number of carbonyl (C=O) groups is 1. The van der Waals surface area contributed by atoms with Gasteiger partial charge in [-0.1, -0.05) is 6.07 Å². The van der Waals surface area contributed by atoms with Crippen molar-refractivity contribution >= 4 is 11.7 Å². The molecule has 2 saturated heterocycles. The smallest absolute Gasteiger partial charge is 0.416 e. The van der Waals surface area contributed by atoms with Gasteiger partial charge in [-0.15, -0.1) is 0 Å². The molecule has 144 valence electrons. The first kappa shape index (κ1) is 19.0. The first-order chi connectivity index (χ1) is 12.4. The van der Waals surface area contributed by atoms with E-state index >= 15 is 0 Å². The van der Waals surface area contributed by atoms with Crippen LogP contribution in [-0.2, 0) is 15.7 Å². The summed E-state index contributed by atoms with van der Waals surface area (Å²) < 4.78 is 44.7. The van der Waals surface area contributed by atoms with Gasteiger partial charge >= 0.3 is 12.1 Å². The molecule has 2 aliphatic rings. The quantitative estimate of drug-likeness (QED) is 0.823. The lowest BCUT2D eigenvalue weighted by atomic mass is 9.91. The number of carbonyl (C=O) groups excluding carboxylic acids is 1. The Balaban J connectivity index is 1.82. The van der Waals surface area contributed by atoms with Crippen molar-refractivity contribution in [1.29, 1.82) is 0 Å². The number of piperidine rings is 1. The second-order valence-corrected chi connectivity index (χ2v) is 6.97. The zero-order valence-electron chi connectivity index (χ0n) is 14.9. The van der Waals surface area contributed by atoms with Gasteiger partial charge in [0.05, 0.1) is 18.1 Å². The standard InChI is InChI=1S/C19H25F3N2O2/c1-2-26-18(25)13-6-9-24(10-7-13)17-11-15(19(20,21)22)3-4-16(17)14-5-8-23-12-14/h3-4,11,13-14,23H,2,5-10,12H2,1H3/t14-/m0/s1. The van der Waals surface area contributed by atoms with Gasteiger partial charge in [0.2, 0.25) is 0 Å². The van der Waals surface area contributed by atoms with Gasteiger partial charge in [0.15, 0.2) is 0 Å². The molecule has 7 heteroatoms. The van der Waals surface area contributed by atoms with Crippen LogP contribution in [-0.4, -0.2) is 38.8 Å². The number of hydrogen-bond donors (Lipinski definition) is 1. The van der Waals surface area contributed by atoms with Crippen LogP contribution >= 0.6 is 0 Å². The molecule has 0 bridgehead atoms. The van der Waals surface area contributed by atoms with Crippen molar-refractivity contribution < 1.29 is 22.7 Å². The second kappa shape index (κ2) is 7.86. The Bertz CT molecular complexity index is 634. The minimum absolute atomic E-state index is 0.159. The molecule has 0 spiro atoms. The number of alkyl halides is 3. The lowest BCUT2D eigenvalue weighted by Gasteiger charge is -2.35. The summed E-state index contributed by atoms with van der Waals surface area (Å²) in [5.41, 5.74) is 1.02. The topological polar surface area (TPSA) is 41.6 Å². The second-order valence-electron chi connectivity index (χ2n) is 6.97. The highest BCUT2D eigenvalue weighted by Gasteiger charge is 2.34. The third kappa shape index (κ3) is 4.14. The molecule has 0 aromatic heterocycles. The molecule has 2 aliphatic heterocycles. The summed E-state index contributed by atoms with van der Waals surface area (Å²) in [4.78, 5) is 13.9. The van der Waals surface area contributed by atoms with E-state index in [0.717, 1.165) is 25.1 Å². The molecular formula is C19H25F3N2O2. The van der Waals surface area contributed by atoms with Gasteiger partial charge in [0.1, 0.15) is 0 Å². The summed E-state index contributed by atoms with van der Waals surface area (Å²) in [7, 11) is 0. The van der Waals surface area contributed by atoms with Crippen molar-refractivity contribution in [3.05, 3.63) is 29.3 Å². The molecule has 0 radical (unpaired) electrons. The van der Waals surface area contributed by atoms with E-state index in [1.54, 1.807) is 13.0 Å². The van der Waals surface area contributed by atoms with Crippen LogP contribution in [0.25, 0.3) is 0 Å². The maximum atomic E-state index is 13.2. The Labute approximate surface area is 151 Å². The normalized spacial score (nSPS) is 21.8. The van der Waals surface area contributed by atoms with Gasteiger partial charge in [-0.25, -0.2) is 0 Å². The summed E-state index contributed by atoms with van der Waals surface area (Å²) >= 11 is 0. The molecule has 0 amide bonds. The molecule has 4 nitrogen and oxygen atoms in total. The van der Waals surface area contributed by atoms with E-state index in [2.05, 4.69) is 5.32 Å². The zero-order chi connectivity index (χ0) is 18.7. The molecule has 0 saturated carbocycles. The molecule has 0 aliphatic carbocycles. The van der Waals surface area contributed by atoms with Crippen LogP contribution in [0.1, 0.15) is 43.2 Å². The fourth-order valence-electron chi connectivity index (χ4n) is 3.88. The lowest BCUT2D eigenvalue weighted by molar-refractivity contribution is -0.148. The number of nitrogens with zero attached hydrogens (tertiary/aromatic N) is 1. The van der Waals surface area contributed by atoms with Crippen molar-refractivity contribution in [2.75, 3.05) is 37.7 Å². The van der Waals surface area contributed by atoms with Crippen LogP contribution < -0.4 is 10.2 Å². The van der Waals surface area contributed by atoms with Gasteiger partial charge in [0.25, 0.3) is 0 Å². The van der Waals surface area contributed by atoms with Crippen LogP contribution in [0.5, 0.6) is 0 Å². The summed E-state index contributed by atoms with van der Waals surface area (Å²) in [5.74, 6) is -0.125. The van der Waals surface area contributed by atoms with E-state index < -0.39 is 11.7 Å². The molecule has 1 N–H and O–H groups in total. The highest BCUT2D eigenvalue weighted by atomic mass is 19.4. The van der Waals surface area contributed by atoms with Crippen molar-refractivity contribution in [1.82, 2.24) is 5.32 Å². The van der Waals surface area contributed by atoms with E-state index in [1.165, 1.54) is 12.1 Å². The number of esters is 1. The summed E-state index contributed by atoms with van der Waals surface area (Å²) in [6, 6.07) is 4.09. The molecule has 1 aromatic carbocycles. The molecule has 26 heavy (non-hydrogen) atoms. The first-order valence-corrected chi connectivity index (χ1v) is 9.23. The van der Waals surface area contributed by atoms with Crippen LogP contribution in [0.15, 0.2) is 18.2 Å². The monoisotopic (exact) mass is 370 g/mol. The Morgan fingerprint density at radius 1 is 1.27 bits per heavy atom. The Morgan fingerprint density at radius 3 is 2.58 bits per heavy atom. The fraction of sp³-hybridized carbons (Fsp3) is 0.632. The molecule has 3 rings (SSSR count). The zero-order valence-corrected chi connectivity index (χ0v) is 14.9. The number of hydrogen-bond acceptors (Lipinski definition) is 4. The molecule has 1 atom stereocenters. The van der Waals surface area contributed by atoms with E-state index in [4.69, 9.17) is 4.74 Å². The minimum Gasteiger partial charge on any atom is -0.466 e. The number of benzene rings is 1. The van der Waals surface area contributed by atoms with Crippen LogP contribution in [0.2, 0.25) is 0 Å². The third-order valence-electron chi connectivity index (χ3n) is 5.31. The fourth-order valence-corrected chi connectivity index (χ4v) is 3.88. The van der Waals surface area contributed by atoms with E-state index in [9.17, 15) is 18.0 Å². The van der Waals surface area contributed by atoms with Crippen molar-refractivity contribution in [2.24, 2.45) is 5.92 Å². The molecule has 2 heterocycles. The average molecular weight is 370 g/mol. The van der Waals surface area contributed by atoms with Crippen molar-refractivity contribution in [2.45, 2.75) is 38.3 Å². The van der Waals surface area contributed by atoms with Gasteiger partial charge in [0, 0.05) is 25.3 Å². The maximum absolute atomic E-state index is 13.2. The predicted molar refractivity (Wildman–Crippen MR) is 93.2 cm³/mol. The van der Waals surface area contributed by atoms with E-state index in [1.807, 2.05) is 4.90 Å². The highest BCUT2D eigenvalue weighted by Crippen LogP contribution is 2.38. The van der Waals surface area contributed by atoms with Gasteiger partial charge in [-0.3, -0.25) is 4.79 Å². The highest BCUT2D eigenvalue weighted by molar-refractivity contribution is 5.73. The number of ether oxygens (including phenoxy) is 1. The minimum atomic E-state index is -4.36. The molecule has 2 fully saturated rings. The summed E-state index contributed by atoms with van der Waals surface area (Å²) in [5, 5.41) is 3.28.